The van der Waals surface area contributed by atoms with Gasteiger partial charge < -0.3 is 5.32 Å². The van der Waals surface area contributed by atoms with Gasteiger partial charge in [0.1, 0.15) is 0 Å². The second-order valence-electron chi connectivity index (χ2n) is 4.35. The average Bonchev–Trinajstić information content (AvgIpc) is 2.26. The molecular formula is C12H15BrClNO3S. The first-order chi connectivity index (χ1) is 8.74. The van der Waals surface area contributed by atoms with Gasteiger partial charge in [-0.1, -0.05) is 20.3 Å². The average molecular weight is 369 g/mol. The Kier molecular flexibility index (Phi) is 5.82. The van der Waals surface area contributed by atoms with Crippen molar-refractivity contribution in [1.82, 2.24) is 0 Å². The zero-order valence-corrected chi connectivity index (χ0v) is 13.8. The molecule has 4 nitrogen and oxygen atoms in total. The highest BCUT2D eigenvalue weighted by Crippen LogP contribution is 2.28. The molecule has 1 unspecified atom stereocenters. The van der Waals surface area contributed by atoms with Gasteiger partial charge in [0.05, 0.1) is 4.90 Å². The predicted molar refractivity (Wildman–Crippen MR) is 79.9 cm³/mol. The van der Waals surface area contributed by atoms with Gasteiger partial charge in [0.15, 0.2) is 0 Å². The Bertz CT molecular complexity index is 574. The predicted octanol–water partition coefficient (Wildman–Crippen LogP) is 3.75. The molecule has 0 spiro atoms. The van der Waals surface area contributed by atoms with E-state index in [-0.39, 0.29) is 10.8 Å². The number of carbonyl (C=O) groups excluding carboxylic acids is 1. The van der Waals surface area contributed by atoms with Crippen molar-refractivity contribution in [3.05, 3.63) is 22.7 Å². The van der Waals surface area contributed by atoms with Crippen LogP contribution in [0.3, 0.4) is 0 Å². The van der Waals surface area contributed by atoms with Gasteiger partial charge in [-0.3, -0.25) is 4.79 Å². The molecular weight excluding hydrogens is 354 g/mol. The molecule has 7 heteroatoms. The molecule has 0 aliphatic carbocycles. The van der Waals surface area contributed by atoms with Crippen LogP contribution in [-0.2, 0) is 13.8 Å². The lowest BCUT2D eigenvalue weighted by molar-refractivity contribution is -0.117. The summed E-state index contributed by atoms with van der Waals surface area (Å²) in [5, 5.41) is 2.72. The van der Waals surface area contributed by atoms with Gasteiger partial charge in [0.2, 0.25) is 5.91 Å². The number of halogens is 2. The molecule has 0 heterocycles. The first kappa shape index (κ1) is 16.5. The van der Waals surface area contributed by atoms with Crippen LogP contribution < -0.4 is 5.32 Å². The van der Waals surface area contributed by atoms with E-state index in [9.17, 15) is 13.2 Å². The SMILES string of the molecule is CCC(C)CC(=O)Nc1ccc(S(=O)(=O)Cl)c(Br)c1. The van der Waals surface area contributed by atoms with Crippen LogP contribution in [0.1, 0.15) is 26.7 Å². The van der Waals surface area contributed by atoms with Crippen LogP contribution in [-0.4, -0.2) is 14.3 Å². The number of nitrogens with one attached hydrogen (secondary N) is 1. The number of rotatable bonds is 5. The molecule has 0 saturated carbocycles. The van der Waals surface area contributed by atoms with Crippen LogP contribution in [0, 0.1) is 5.92 Å². The summed E-state index contributed by atoms with van der Waals surface area (Å²) in [7, 11) is 1.48. The molecule has 0 aromatic heterocycles. The molecule has 0 radical (unpaired) electrons. The molecule has 0 bridgehead atoms. The molecule has 1 amide bonds. The van der Waals surface area contributed by atoms with E-state index in [4.69, 9.17) is 10.7 Å². The molecule has 106 valence electrons. The van der Waals surface area contributed by atoms with E-state index in [1.165, 1.54) is 18.2 Å². The van der Waals surface area contributed by atoms with Crippen LogP contribution in [0.4, 0.5) is 5.69 Å². The maximum Gasteiger partial charge on any atom is 0.262 e. The van der Waals surface area contributed by atoms with E-state index in [1.54, 1.807) is 0 Å². The number of amides is 1. The quantitative estimate of drug-likeness (QED) is 0.805. The summed E-state index contributed by atoms with van der Waals surface area (Å²) in [6, 6.07) is 4.38. The third kappa shape index (κ3) is 5.12. The van der Waals surface area contributed by atoms with Crippen LogP contribution in [0.5, 0.6) is 0 Å². The van der Waals surface area contributed by atoms with Crippen molar-refractivity contribution < 1.29 is 13.2 Å². The summed E-state index contributed by atoms with van der Waals surface area (Å²) in [5.41, 5.74) is 0.532. The Morgan fingerprint density at radius 2 is 2.11 bits per heavy atom. The maximum atomic E-state index is 11.7. The Morgan fingerprint density at radius 3 is 2.58 bits per heavy atom. The van der Waals surface area contributed by atoms with Crippen LogP contribution in [0.2, 0.25) is 0 Å². The number of benzene rings is 1. The van der Waals surface area contributed by atoms with E-state index in [2.05, 4.69) is 21.2 Å². The highest BCUT2D eigenvalue weighted by molar-refractivity contribution is 9.10. The third-order valence-electron chi connectivity index (χ3n) is 2.71. The molecule has 1 aromatic carbocycles. The van der Waals surface area contributed by atoms with Crippen molar-refractivity contribution in [3.63, 3.8) is 0 Å². The van der Waals surface area contributed by atoms with E-state index in [0.29, 0.717) is 22.5 Å². The molecule has 1 atom stereocenters. The van der Waals surface area contributed by atoms with Crippen molar-refractivity contribution in [2.45, 2.75) is 31.6 Å². The van der Waals surface area contributed by atoms with Crippen molar-refractivity contribution in [2.75, 3.05) is 5.32 Å². The summed E-state index contributed by atoms with van der Waals surface area (Å²) in [5.74, 6) is 0.216. The second kappa shape index (κ2) is 6.72. The van der Waals surface area contributed by atoms with Gasteiger partial charge in [0, 0.05) is 27.3 Å². The summed E-state index contributed by atoms with van der Waals surface area (Å²) in [6.07, 6.45) is 1.37. The highest BCUT2D eigenvalue weighted by Gasteiger charge is 2.15. The molecule has 0 saturated heterocycles. The normalized spacial score (nSPS) is 13.1. The first-order valence-electron chi connectivity index (χ1n) is 5.78. The van der Waals surface area contributed by atoms with Gasteiger partial charge in [-0.2, -0.15) is 0 Å². The number of anilines is 1. The van der Waals surface area contributed by atoms with Crippen LogP contribution in [0.25, 0.3) is 0 Å². The van der Waals surface area contributed by atoms with Crippen molar-refractivity contribution in [3.8, 4) is 0 Å². The topological polar surface area (TPSA) is 63.2 Å². The standard InChI is InChI=1S/C12H15BrClNO3S/c1-3-8(2)6-12(16)15-9-4-5-11(10(13)7-9)19(14,17)18/h4-5,7-8H,3,6H2,1-2H3,(H,15,16). The molecule has 0 aliphatic heterocycles. The smallest absolute Gasteiger partial charge is 0.262 e. The van der Waals surface area contributed by atoms with Crippen molar-refractivity contribution in [1.29, 1.82) is 0 Å². The first-order valence-corrected chi connectivity index (χ1v) is 8.88. The van der Waals surface area contributed by atoms with Gasteiger partial charge in [0.25, 0.3) is 9.05 Å². The van der Waals surface area contributed by atoms with E-state index in [1.807, 2.05) is 13.8 Å². The Balaban J connectivity index is 2.83. The Hall–Kier alpha value is -0.590. The molecule has 1 aromatic rings. The summed E-state index contributed by atoms with van der Waals surface area (Å²) in [4.78, 5) is 11.7. The highest BCUT2D eigenvalue weighted by atomic mass is 79.9. The fraction of sp³-hybridized carbons (Fsp3) is 0.417. The number of hydrogen-bond donors (Lipinski definition) is 1. The minimum atomic E-state index is -3.79. The Morgan fingerprint density at radius 1 is 1.47 bits per heavy atom. The lowest BCUT2D eigenvalue weighted by atomic mass is 10.1. The van der Waals surface area contributed by atoms with Gasteiger partial charge in [-0.05, 0) is 40.0 Å². The summed E-state index contributed by atoms with van der Waals surface area (Å²) < 4.78 is 22.8. The minimum absolute atomic E-state index is 0.0194. The van der Waals surface area contributed by atoms with E-state index in [0.717, 1.165) is 6.42 Å². The van der Waals surface area contributed by atoms with Gasteiger partial charge >= 0.3 is 0 Å². The fourth-order valence-corrected chi connectivity index (χ4v) is 3.67. The zero-order chi connectivity index (χ0) is 14.6. The van der Waals surface area contributed by atoms with Crippen LogP contribution >= 0.6 is 26.6 Å². The lowest BCUT2D eigenvalue weighted by Gasteiger charge is -2.10. The maximum absolute atomic E-state index is 11.7. The van der Waals surface area contributed by atoms with Crippen molar-refractivity contribution >= 4 is 47.3 Å². The molecule has 0 aliphatic rings. The van der Waals surface area contributed by atoms with Gasteiger partial charge in [-0.15, -0.1) is 0 Å². The van der Waals surface area contributed by atoms with Crippen molar-refractivity contribution in [2.24, 2.45) is 5.92 Å². The minimum Gasteiger partial charge on any atom is -0.326 e. The molecule has 19 heavy (non-hydrogen) atoms. The van der Waals surface area contributed by atoms with Gasteiger partial charge in [-0.25, -0.2) is 8.42 Å². The van der Waals surface area contributed by atoms with Crippen LogP contribution in [0.15, 0.2) is 27.6 Å². The zero-order valence-electron chi connectivity index (χ0n) is 10.6. The summed E-state index contributed by atoms with van der Waals surface area (Å²) in [6.45, 7) is 4.02. The van der Waals surface area contributed by atoms with E-state index < -0.39 is 9.05 Å². The second-order valence-corrected chi connectivity index (χ2v) is 7.74. The number of carbonyl (C=O) groups is 1. The summed E-state index contributed by atoms with van der Waals surface area (Å²) >= 11 is 3.12. The largest absolute Gasteiger partial charge is 0.326 e. The fourth-order valence-electron chi connectivity index (χ4n) is 1.45. The molecule has 1 N–H and O–H groups in total. The number of hydrogen-bond acceptors (Lipinski definition) is 3. The monoisotopic (exact) mass is 367 g/mol. The molecule has 1 rings (SSSR count). The Labute approximate surface area is 126 Å². The van der Waals surface area contributed by atoms with E-state index >= 15 is 0 Å². The lowest BCUT2D eigenvalue weighted by Crippen LogP contribution is -2.14. The molecule has 0 fully saturated rings. The third-order valence-corrected chi connectivity index (χ3v) is 5.01.